The SMILES string of the molecule is Cc1ccc(-c2ccc(OC(C)C(=O)NC3CCS(=O)(=O)C3)cc2)cc1. The average Bonchev–Trinajstić information content (AvgIpc) is 2.95. The van der Waals surface area contributed by atoms with E-state index in [1.54, 1.807) is 6.92 Å². The second kappa shape index (κ2) is 7.50. The molecular weight excluding hydrogens is 350 g/mol. The van der Waals surface area contributed by atoms with Crippen molar-refractivity contribution >= 4 is 15.7 Å². The zero-order valence-electron chi connectivity index (χ0n) is 14.9. The Hall–Kier alpha value is -2.34. The van der Waals surface area contributed by atoms with Gasteiger partial charge in [-0.2, -0.15) is 0 Å². The lowest BCUT2D eigenvalue weighted by atomic mass is 10.0. The van der Waals surface area contributed by atoms with Gasteiger partial charge in [0.05, 0.1) is 11.5 Å². The van der Waals surface area contributed by atoms with Crippen molar-refractivity contribution < 1.29 is 17.9 Å². The Morgan fingerprint density at radius 3 is 2.19 bits per heavy atom. The van der Waals surface area contributed by atoms with Crippen molar-refractivity contribution in [1.82, 2.24) is 5.32 Å². The molecule has 2 atom stereocenters. The summed E-state index contributed by atoms with van der Waals surface area (Å²) in [5.74, 6) is 0.446. The van der Waals surface area contributed by atoms with Gasteiger partial charge >= 0.3 is 0 Å². The van der Waals surface area contributed by atoms with E-state index < -0.39 is 15.9 Å². The van der Waals surface area contributed by atoms with Crippen molar-refractivity contribution in [2.75, 3.05) is 11.5 Å². The Kier molecular flexibility index (Phi) is 5.32. The quantitative estimate of drug-likeness (QED) is 0.875. The first-order chi connectivity index (χ1) is 12.3. The number of aryl methyl sites for hydroxylation is 1. The summed E-state index contributed by atoms with van der Waals surface area (Å²) < 4.78 is 28.6. The summed E-state index contributed by atoms with van der Waals surface area (Å²) in [4.78, 5) is 12.2. The number of carbonyl (C=O) groups is 1. The maximum Gasteiger partial charge on any atom is 0.261 e. The van der Waals surface area contributed by atoms with Crippen LogP contribution in [-0.4, -0.2) is 38.0 Å². The van der Waals surface area contributed by atoms with E-state index in [0.717, 1.165) is 11.1 Å². The number of sulfone groups is 1. The highest BCUT2D eigenvalue weighted by atomic mass is 32.2. The molecule has 6 heteroatoms. The standard InChI is InChI=1S/C20H23NO4S/c1-14-3-5-16(6-4-14)17-7-9-19(10-8-17)25-15(2)20(22)21-18-11-12-26(23,24)13-18/h3-10,15,18H,11-13H2,1-2H3,(H,21,22). The van der Waals surface area contributed by atoms with Gasteiger partial charge in [-0.25, -0.2) is 8.42 Å². The lowest BCUT2D eigenvalue weighted by Gasteiger charge is -2.17. The average molecular weight is 373 g/mol. The van der Waals surface area contributed by atoms with E-state index in [0.29, 0.717) is 12.2 Å². The minimum atomic E-state index is -3.02. The molecule has 0 spiro atoms. The minimum absolute atomic E-state index is 0.0106. The van der Waals surface area contributed by atoms with Crippen molar-refractivity contribution in [2.24, 2.45) is 0 Å². The van der Waals surface area contributed by atoms with E-state index in [9.17, 15) is 13.2 Å². The number of amides is 1. The molecule has 0 bridgehead atoms. The van der Waals surface area contributed by atoms with Crippen LogP contribution in [0.1, 0.15) is 18.9 Å². The van der Waals surface area contributed by atoms with Gasteiger partial charge in [0.25, 0.3) is 5.91 Å². The fourth-order valence-electron chi connectivity index (χ4n) is 2.96. The zero-order valence-corrected chi connectivity index (χ0v) is 15.8. The van der Waals surface area contributed by atoms with E-state index in [1.807, 2.05) is 31.2 Å². The van der Waals surface area contributed by atoms with Gasteiger partial charge in [-0.1, -0.05) is 42.0 Å². The third-order valence-electron chi connectivity index (χ3n) is 4.50. The summed E-state index contributed by atoms with van der Waals surface area (Å²) in [6.07, 6.45) is -0.227. The normalized spacial score (nSPS) is 19.7. The molecule has 1 N–H and O–H groups in total. The highest BCUT2D eigenvalue weighted by Gasteiger charge is 2.30. The summed E-state index contributed by atoms with van der Waals surface area (Å²) in [5, 5.41) is 2.75. The lowest BCUT2D eigenvalue weighted by molar-refractivity contribution is -0.127. The molecule has 2 aromatic rings. The van der Waals surface area contributed by atoms with Crippen LogP contribution in [0.2, 0.25) is 0 Å². The van der Waals surface area contributed by atoms with Crippen molar-refractivity contribution in [2.45, 2.75) is 32.4 Å². The van der Waals surface area contributed by atoms with Gasteiger partial charge in [0.2, 0.25) is 0 Å². The molecule has 2 aromatic carbocycles. The zero-order chi connectivity index (χ0) is 18.7. The predicted molar refractivity (Wildman–Crippen MR) is 102 cm³/mol. The van der Waals surface area contributed by atoms with Crippen molar-refractivity contribution in [3.8, 4) is 16.9 Å². The van der Waals surface area contributed by atoms with Crippen LogP contribution in [0.5, 0.6) is 5.75 Å². The van der Waals surface area contributed by atoms with Gasteiger partial charge in [0.15, 0.2) is 15.9 Å². The number of carbonyl (C=O) groups excluding carboxylic acids is 1. The number of nitrogens with one attached hydrogen (secondary N) is 1. The molecule has 2 unspecified atom stereocenters. The highest BCUT2D eigenvalue weighted by molar-refractivity contribution is 7.91. The van der Waals surface area contributed by atoms with E-state index in [1.165, 1.54) is 5.56 Å². The van der Waals surface area contributed by atoms with E-state index in [-0.39, 0.29) is 23.5 Å². The number of benzene rings is 2. The van der Waals surface area contributed by atoms with E-state index >= 15 is 0 Å². The van der Waals surface area contributed by atoms with Crippen LogP contribution in [-0.2, 0) is 14.6 Å². The molecule has 0 aliphatic carbocycles. The Morgan fingerprint density at radius 1 is 1.08 bits per heavy atom. The number of ether oxygens (including phenoxy) is 1. The summed E-state index contributed by atoms with van der Waals surface area (Å²) in [6.45, 7) is 3.71. The number of hydrogen-bond donors (Lipinski definition) is 1. The van der Waals surface area contributed by atoms with Crippen molar-refractivity contribution in [3.05, 3.63) is 54.1 Å². The van der Waals surface area contributed by atoms with Crippen molar-refractivity contribution in [3.63, 3.8) is 0 Å². The molecule has 1 aliphatic heterocycles. The lowest BCUT2D eigenvalue weighted by Crippen LogP contribution is -2.43. The van der Waals surface area contributed by atoms with Gasteiger partial charge in [0, 0.05) is 6.04 Å². The minimum Gasteiger partial charge on any atom is -0.481 e. The fourth-order valence-corrected chi connectivity index (χ4v) is 4.63. The molecule has 0 radical (unpaired) electrons. The molecule has 1 aliphatic rings. The van der Waals surface area contributed by atoms with Crippen molar-refractivity contribution in [1.29, 1.82) is 0 Å². The van der Waals surface area contributed by atoms with E-state index in [4.69, 9.17) is 4.74 Å². The molecule has 0 saturated carbocycles. The van der Waals surface area contributed by atoms with Crippen LogP contribution >= 0.6 is 0 Å². The predicted octanol–water partition coefficient (Wildman–Crippen LogP) is 2.73. The molecule has 5 nitrogen and oxygen atoms in total. The maximum atomic E-state index is 12.2. The van der Waals surface area contributed by atoms with Crippen LogP contribution in [0.15, 0.2) is 48.5 Å². The summed E-state index contributed by atoms with van der Waals surface area (Å²) in [6, 6.07) is 15.5. The third kappa shape index (κ3) is 4.64. The van der Waals surface area contributed by atoms with Crippen LogP contribution in [0.25, 0.3) is 11.1 Å². The van der Waals surface area contributed by atoms with Gasteiger partial charge in [-0.3, -0.25) is 4.79 Å². The highest BCUT2D eigenvalue weighted by Crippen LogP contribution is 2.23. The summed E-state index contributed by atoms with van der Waals surface area (Å²) in [5.41, 5.74) is 3.41. The molecule has 1 saturated heterocycles. The molecule has 1 fully saturated rings. The molecule has 1 heterocycles. The van der Waals surface area contributed by atoms with Gasteiger partial charge < -0.3 is 10.1 Å². The monoisotopic (exact) mass is 373 g/mol. The van der Waals surface area contributed by atoms with Crippen LogP contribution in [0.3, 0.4) is 0 Å². The first-order valence-electron chi connectivity index (χ1n) is 8.67. The Labute approximate surface area is 154 Å². The second-order valence-corrected chi connectivity index (χ2v) is 8.99. The second-order valence-electron chi connectivity index (χ2n) is 6.76. The summed E-state index contributed by atoms with van der Waals surface area (Å²) in [7, 11) is -3.02. The topological polar surface area (TPSA) is 72.5 Å². The third-order valence-corrected chi connectivity index (χ3v) is 6.27. The first kappa shape index (κ1) is 18.5. The maximum absolute atomic E-state index is 12.2. The van der Waals surface area contributed by atoms with Crippen LogP contribution < -0.4 is 10.1 Å². The van der Waals surface area contributed by atoms with Gasteiger partial charge in [0.1, 0.15) is 5.75 Å². The summed E-state index contributed by atoms with van der Waals surface area (Å²) >= 11 is 0. The van der Waals surface area contributed by atoms with E-state index in [2.05, 4.69) is 29.6 Å². The largest absolute Gasteiger partial charge is 0.481 e. The van der Waals surface area contributed by atoms with Crippen LogP contribution in [0, 0.1) is 6.92 Å². The smallest absolute Gasteiger partial charge is 0.261 e. The first-order valence-corrected chi connectivity index (χ1v) is 10.5. The Morgan fingerprint density at radius 2 is 1.65 bits per heavy atom. The van der Waals surface area contributed by atoms with Gasteiger partial charge in [-0.05, 0) is 43.5 Å². The number of rotatable bonds is 5. The van der Waals surface area contributed by atoms with Gasteiger partial charge in [-0.15, -0.1) is 0 Å². The fraction of sp³-hybridized carbons (Fsp3) is 0.350. The Bertz CT molecular complexity index is 873. The van der Waals surface area contributed by atoms with Crippen LogP contribution in [0.4, 0.5) is 0 Å². The number of hydrogen-bond acceptors (Lipinski definition) is 4. The molecule has 1 amide bonds. The molecule has 26 heavy (non-hydrogen) atoms. The molecule has 3 rings (SSSR count). The Balaban J connectivity index is 1.58. The molecule has 138 valence electrons. The molecular formula is C20H23NO4S. The molecule has 0 aromatic heterocycles.